The molecule has 1 aromatic carbocycles. The Labute approximate surface area is 158 Å². The Morgan fingerprint density at radius 3 is 2.65 bits per heavy atom. The molecule has 3 nitrogen and oxygen atoms in total. The summed E-state index contributed by atoms with van der Waals surface area (Å²) < 4.78 is 6.43. The van der Waals surface area contributed by atoms with Crippen LogP contribution in [0.1, 0.15) is 83.8 Å². The smallest absolute Gasteiger partial charge is 0.127 e. The Bertz CT molecular complexity index is 700. The Hall–Kier alpha value is -1.48. The van der Waals surface area contributed by atoms with Gasteiger partial charge in [-0.25, -0.2) is 0 Å². The number of benzene rings is 1. The number of hydrogen-bond donors (Lipinski definition) is 2. The van der Waals surface area contributed by atoms with Crippen LogP contribution in [0, 0.1) is 5.92 Å². The van der Waals surface area contributed by atoms with Crippen molar-refractivity contribution in [1.82, 2.24) is 0 Å². The minimum absolute atomic E-state index is 0.00952. The molecule has 0 saturated heterocycles. The van der Waals surface area contributed by atoms with Gasteiger partial charge in [0.25, 0.3) is 0 Å². The second-order valence-electron chi connectivity index (χ2n) is 9.27. The predicted octanol–water partition coefficient (Wildman–Crippen LogP) is 5.44. The molecule has 0 amide bonds. The molecule has 1 aliphatic heterocycles. The monoisotopic (exact) mass is 358 g/mol. The molecule has 3 heteroatoms. The van der Waals surface area contributed by atoms with Crippen LogP contribution in [0.15, 0.2) is 23.8 Å². The average Bonchev–Trinajstić information content (AvgIpc) is 2.58. The van der Waals surface area contributed by atoms with E-state index < -0.39 is 0 Å². The standard InChI is InChI=1S/C23H34O3/c1-6-7-10-22(2,3)16-12-19(25)21-17-11-15(14-24)8-9-18(17)23(4,5)26-20(21)13-16/h8,12-13,17-18,24-25H,6-7,9-11,14H2,1-5H3/t17-,18-/m1/s1. The molecule has 0 fully saturated rings. The highest BCUT2D eigenvalue weighted by molar-refractivity contribution is 5.54. The minimum Gasteiger partial charge on any atom is -0.508 e. The fourth-order valence-corrected chi connectivity index (χ4v) is 4.75. The van der Waals surface area contributed by atoms with Crippen molar-refractivity contribution < 1.29 is 14.9 Å². The van der Waals surface area contributed by atoms with Crippen LogP contribution in [0.5, 0.6) is 11.5 Å². The molecular formula is C23H34O3. The molecular weight excluding hydrogens is 324 g/mol. The van der Waals surface area contributed by atoms with Crippen LogP contribution in [0.3, 0.4) is 0 Å². The van der Waals surface area contributed by atoms with E-state index in [1.54, 1.807) is 0 Å². The van der Waals surface area contributed by atoms with Crippen molar-refractivity contribution >= 4 is 0 Å². The number of hydrogen-bond acceptors (Lipinski definition) is 3. The lowest BCUT2D eigenvalue weighted by atomic mass is 9.66. The lowest BCUT2D eigenvalue weighted by Crippen LogP contribution is -2.45. The van der Waals surface area contributed by atoms with Crippen molar-refractivity contribution in [2.75, 3.05) is 6.61 Å². The number of allylic oxidation sites excluding steroid dienone is 1. The van der Waals surface area contributed by atoms with Gasteiger partial charge in [-0.15, -0.1) is 0 Å². The van der Waals surface area contributed by atoms with E-state index in [2.05, 4.69) is 46.8 Å². The Morgan fingerprint density at radius 2 is 2.00 bits per heavy atom. The van der Waals surface area contributed by atoms with Gasteiger partial charge >= 0.3 is 0 Å². The fraction of sp³-hybridized carbons (Fsp3) is 0.652. The number of aliphatic hydroxyl groups is 1. The molecule has 1 aromatic rings. The maximum atomic E-state index is 10.9. The van der Waals surface area contributed by atoms with Crippen LogP contribution in [0.2, 0.25) is 0 Å². The lowest BCUT2D eigenvalue weighted by Gasteiger charge is -2.47. The predicted molar refractivity (Wildman–Crippen MR) is 106 cm³/mol. The van der Waals surface area contributed by atoms with Crippen molar-refractivity contribution in [2.24, 2.45) is 5.92 Å². The zero-order chi connectivity index (χ0) is 19.1. The summed E-state index contributed by atoms with van der Waals surface area (Å²) in [7, 11) is 0. The van der Waals surface area contributed by atoms with Gasteiger partial charge < -0.3 is 14.9 Å². The van der Waals surface area contributed by atoms with E-state index in [9.17, 15) is 10.2 Å². The van der Waals surface area contributed by atoms with Crippen molar-refractivity contribution in [3.63, 3.8) is 0 Å². The number of phenolic OH excluding ortho intramolecular Hbond substituents is 1. The number of ether oxygens (including phenoxy) is 1. The Kier molecular flexibility index (Phi) is 5.13. The van der Waals surface area contributed by atoms with Gasteiger partial charge in [-0.3, -0.25) is 0 Å². The third kappa shape index (κ3) is 3.38. The van der Waals surface area contributed by atoms with E-state index in [0.717, 1.165) is 41.7 Å². The maximum absolute atomic E-state index is 10.9. The maximum Gasteiger partial charge on any atom is 0.127 e. The van der Waals surface area contributed by atoms with Crippen LogP contribution in [0.4, 0.5) is 0 Å². The van der Waals surface area contributed by atoms with Gasteiger partial charge in [0, 0.05) is 17.4 Å². The number of aromatic hydroxyl groups is 1. The molecule has 1 aliphatic carbocycles. The van der Waals surface area contributed by atoms with Crippen LogP contribution in [0.25, 0.3) is 0 Å². The molecule has 0 unspecified atom stereocenters. The second-order valence-corrected chi connectivity index (χ2v) is 9.27. The first-order valence-electron chi connectivity index (χ1n) is 10.0. The number of fused-ring (bicyclic) bond motifs is 3. The summed E-state index contributed by atoms with van der Waals surface area (Å²) >= 11 is 0. The van der Waals surface area contributed by atoms with Crippen molar-refractivity contribution in [1.29, 1.82) is 0 Å². The summed E-state index contributed by atoms with van der Waals surface area (Å²) in [5.41, 5.74) is 2.87. The molecule has 2 N–H and O–H groups in total. The van der Waals surface area contributed by atoms with Crippen LogP contribution < -0.4 is 4.74 Å². The van der Waals surface area contributed by atoms with Crippen molar-refractivity contribution in [2.45, 2.75) is 83.7 Å². The molecule has 2 atom stereocenters. The molecule has 26 heavy (non-hydrogen) atoms. The Balaban J connectivity index is 2.04. The SMILES string of the molecule is CCCCC(C)(C)c1cc(O)c2c(c1)OC(C)(C)[C@@H]1CC=C(CO)C[C@@H]21. The van der Waals surface area contributed by atoms with Crippen LogP contribution in [-0.2, 0) is 5.41 Å². The van der Waals surface area contributed by atoms with Crippen molar-refractivity contribution in [3.05, 3.63) is 34.9 Å². The summed E-state index contributed by atoms with van der Waals surface area (Å²) in [6, 6.07) is 4.10. The molecule has 2 aliphatic rings. The summed E-state index contributed by atoms with van der Waals surface area (Å²) in [5.74, 6) is 1.70. The van der Waals surface area contributed by atoms with Gasteiger partial charge in [-0.05, 0) is 61.8 Å². The quantitative estimate of drug-likeness (QED) is 0.689. The van der Waals surface area contributed by atoms with Gasteiger partial charge in [0.05, 0.1) is 6.61 Å². The fourth-order valence-electron chi connectivity index (χ4n) is 4.75. The van der Waals surface area contributed by atoms with E-state index in [1.807, 2.05) is 6.07 Å². The Morgan fingerprint density at radius 1 is 1.27 bits per heavy atom. The third-order valence-corrected chi connectivity index (χ3v) is 6.53. The molecule has 0 spiro atoms. The highest BCUT2D eigenvalue weighted by Gasteiger charge is 2.46. The second kappa shape index (κ2) is 6.92. The van der Waals surface area contributed by atoms with Crippen molar-refractivity contribution in [3.8, 4) is 11.5 Å². The summed E-state index contributed by atoms with van der Waals surface area (Å²) in [6.45, 7) is 11.1. The molecule has 1 heterocycles. The minimum atomic E-state index is -0.284. The van der Waals surface area contributed by atoms with Crippen LogP contribution >= 0.6 is 0 Å². The zero-order valence-corrected chi connectivity index (χ0v) is 16.9. The van der Waals surface area contributed by atoms with Gasteiger partial charge in [0.2, 0.25) is 0 Å². The molecule has 3 rings (SSSR count). The summed E-state index contributed by atoms with van der Waals surface area (Å²) in [4.78, 5) is 0. The van der Waals surface area contributed by atoms with Gasteiger partial charge in [0.1, 0.15) is 17.1 Å². The summed E-state index contributed by atoms with van der Waals surface area (Å²) in [5, 5.41) is 20.5. The number of rotatable bonds is 5. The molecule has 0 bridgehead atoms. The molecule has 144 valence electrons. The van der Waals surface area contributed by atoms with E-state index in [4.69, 9.17) is 4.74 Å². The first-order chi connectivity index (χ1) is 12.2. The van der Waals surface area contributed by atoms with Gasteiger partial charge in [-0.1, -0.05) is 39.7 Å². The number of aliphatic hydroxyl groups excluding tert-OH is 1. The molecule has 0 saturated carbocycles. The summed E-state index contributed by atoms with van der Waals surface area (Å²) in [6.07, 6.45) is 7.27. The first-order valence-corrected chi connectivity index (χ1v) is 10.0. The normalized spacial score (nSPS) is 24.3. The van der Waals surface area contributed by atoms with E-state index in [-0.39, 0.29) is 23.5 Å². The van der Waals surface area contributed by atoms with E-state index >= 15 is 0 Å². The largest absolute Gasteiger partial charge is 0.508 e. The zero-order valence-electron chi connectivity index (χ0n) is 16.9. The highest BCUT2D eigenvalue weighted by atomic mass is 16.5. The average molecular weight is 359 g/mol. The van der Waals surface area contributed by atoms with Gasteiger partial charge in [0.15, 0.2) is 0 Å². The lowest BCUT2D eigenvalue weighted by molar-refractivity contribution is 0.00662. The number of unbranched alkanes of at least 4 members (excludes halogenated alkanes) is 1. The van der Waals surface area contributed by atoms with E-state index in [0.29, 0.717) is 11.7 Å². The first kappa shape index (κ1) is 19.3. The molecule has 0 aromatic heterocycles. The van der Waals surface area contributed by atoms with E-state index in [1.165, 1.54) is 12.8 Å². The number of phenols is 1. The van der Waals surface area contributed by atoms with Crippen LogP contribution in [-0.4, -0.2) is 22.4 Å². The topological polar surface area (TPSA) is 49.7 Å². The van der Waals surface area contributed by atoms with Gasteiger partial charge in [-0.2, -0.15) is 0 Å². The third-order valence-electron chi connectivity index (χ3n) is 6.53. The highest BCUT2D eigenvalue weighted by Crippen LogP contribution is 2.54. The molecule has 0 radical (unpaired) electrons.